The third-order valence-electron chi connectivity index (χ3n) is 5.24. The van der Waals surface area contributed by atoms with Crippen LogP contribution < -0.4 is 4.90 Å². The first-order valence-electron chi connectivity index (χ1n) is 9.71. The fourth-order valence-corrected chi connectivity index (χ4v) is 4.06. The molecule has 0 spiro atoms. The van der Waals surface area contributed by atoms with E-state index in [0.29, 0.717) is 11.7 Å². The van der Waals surface area contributed by atoms with Gasteiger partial charge in [-0.3, -0.25) is 4.90 Å². The molecule has 5 nitrogen and oxygen atoms in total. The molecule has 1 fully saturated rings. The van der Waals surface area contributed by atoms with E-state index in [2.05, 4.69) is 16.7 Å². The van der Waals surface area contributed by atoms with Crippen LogP contribution >= 0.6 is 23.8 Å². The molecule has 0 amide bonds. The van der Waals surface area contributed by atoms with E-state index in [1.165, 1.54) is 12.1 Å². The zero-order valence-corrected chi connectivity index (χ0v) is 17.8. The molecule has 8 heteroatoms. The second-order valence-corrected chi connectivity index (χ2v) is 7.88. The maximum absolute atomic E-state index is 13.1. The highest BCUT2D eigenvalue weighted by Crippen LogP contribution is 2.22. The molecule has 2 aromatic carbocycles. The molecule has 0 atom stereocenters. The zero-order chi connectivity index (χ0) is 20.4. The molecule has 0 bridgehead atoms. The van der Waals surface area contributed by atoms with E-state index in [9.17, 15) is 4.39 Å². The molecule has 0 N–H and O–H groups in total. The third-order valence-corrected chi connectivity index (χ3v) is 5.92. The van der Waals surface area contributed by atoms with Crippen molar-refractivity contribution in [2.24, 2.45) is 0 Å². The highest BCUT2D eigenvalue weighted by Gasteiger charge is 2.19. The van der Waals surface area contributed by atoms with Crippen molar-refractivity contribution < 1.29 is 4.39 Å². The van der Waals surface area contributed by atoms with Crippen LogP contribution in [0.15, 0.2) is 48.5 Å². The molecule has 0 unspecified atom stereocenters. The Morgan fingerprint density at radius 3 is 2.28 bits per heavy atom. The van der Waals surface area contributed by atoms with Gasteiger partial charge in [-0.15, -0.1) is 0 Å². The first kappa shape index (κ1) is 20.1. The molecule has 152 valence electrons. The quantitative estimate of drug-likeness (QED) is 0.549. The number of hydrogen-bond acceptors (Lipinski definition) is 4. The Labute approximate surface area is 179 Å². The number of nitrogens with zero attached hydrogens (tertiary/aromatic N) is 5. The summed E-state index contributed by atoms with van der Waals surface area (Å²) in [5.74, 6) is 0.656. The van der Waals surface area contributed by atoms with Gasteiger partial charge in [0.25, 0.3) is 0 Å². The lowest BCUT2D eigenvalue weighted by Gasteiger charge is -2.35. The molecular formula is C21H23ClFN5S. The van der Waals surface area contributed by atoms with E-state index >= 15 is 0 Å². The SMILES string of the molecule is CCn1c(-c2ccc(Cl)cc2)nn(CN2CCN(c3ccc(F)cc3)CC2)c1=S. The maximum Gasteiger partial charge on any atom is 0.199 e. The van der Waals surface area contributed by atoms with Gasteiger partial charge in [0.2, 0.25) is 0 Å². The van der Waals surface area contributed by atoms with Crippen LogP contribution in [0.5, 0.6) is 0 Å². The lowest BCUT2D eigenvalue weighted by Crippen LogP contribution is -2.47. The van der Waals surface area contributed by atoms with Crippen molar-refractivity contribution >= 4 is 29.5 Å². The predicted octanol–water partition coefficient (Wildman–Crippen LogP) is 4.67. The van der Waals surface area contributed by atoms with Gasteiger partial charge in [0.15, 0.2) is 10.6 Å². The number of anilines is 1. The van der Waals surface area contributed by atoms with Crippen LogP contribution in [0, 0.1) is 10.6 Å². The molecule has 0 radical (unpaired) electrons. The average Bonchev–Trinajstić information content (AvgIpc) is 3.05. The number of hydrogen-bond donors (Lipinski definition) is 0. The Balaban J connectivity index is 1.47. The summed E-state index contributed by atoms with van der Waals surface area (Å²) in [5, 5.41) is 5.50. The number of benzene rings is 2. The standard InChI is InChI=1S/C21H23ClFN5S/c1-2-27-20(16-3-5-17(22)6-4-16)24-28(21(27)29)15-25-11-13-26(14-12-25)19-9-7-18(23)8-10-19/h3-10H,2,11-15H2,1H3. The van der Waals surface area contributed by atoms with Gasteiger partial charge in [-0.25, -0.2) is 9.07 Å². The largest absolute Gasteiger partial charge is 0.369 e. The average molecular weight is 432 g/mol. The summed E-state index contributed by atoms with van der Waals surface area (Å²) >= 11 is 11.7. The minimum Gasteiger partial charge on any atom is -0.369 e. The van der Waals surface area contributed by atoms with Gasteiger partial charge in [-0.2, -0.15) is 5.10 Å². The second-order valence-electron chi connectivity index (χ2n) is 7.08. The van der Waals surface area contributed by atoms with Gasteiger partial charge in [0, 0.05) is 49.0 Å². The van der Waals surface area contributed by atoms with E-state index in [0.717, 1.165) is 54.6 Å². The Kier molecular flexibility index (Phi) is 5.99. The Morgan fingerprint density at radius 2 is 1.66 bits per heavy atom. The Hall–Kier alpha value is -2.22. The zero-order valence-electron chi connectivity index (χ0n) is 16.3. The summed E-state index contributed by atoms with van der Waals surface area (Å²) in [6.07, 6.45) is 0. The van der Waals surface area contributed by atoms with E-state index in [4.69, 9.17) is 28.9 Å². The van der Waals surface area contributed by atoms with Crippen molar-refractivity contribution in [3.63, 3.8) is 0 Å². The Bertz CT molecular complexity index is 1020. The van der Waals surface area contributed by atoms with Crippen molar-refractivity contribution in [1.82, 2.24) is 19.2 Å². The van der Waals surface area contributed by atoms with Crippen LogP contribution in [0.25, 0.3) is 11.4 Å². The fourth-order valence-electron chi connectivity index (χ4n) is 3.62. The Morgan fingerprint density at radius 1 is 1.00 bits per heavy atom. The van der Waals surface area contributed by atoms with Crippen molar-refractivity contribution in [3.05, 3.63) is 64.1 Å². The van der Waals surface area contributed by atoms with Gasteiger partial charge >= 0.3 is 0 Å². The van der Waals surface area contributed by atoms with Crippen LogP contribution in [0.4, 0.5) is 10.1 Å². The molecule has 3 aromatic rings. The molecule has 0 aliphatic carbocycles. The van der Waals surface area contributed by atoms with Gasteiger partial charge in [-0.1, -0.05) is 11.6 Å². The third kappa shape index (κ3) is 4.37. The van der Waals surface area contributed by atoms with E-state index in [-0.39, 0.29) is 5.82 Å². The lowest BCUT2D eigenvalue weighted by atomic mass is 10.2. The molecule has 1 aliphatic rings. The number of halogens is 2. The van der Waals surface area contributed by atoms with Crippen LogP contribution in [-0.4, -0.2) is 45.4 Å². The van der Waals surface area contributed by atoms with Crippen LogP contribution in [0.3, 0.4) is 0 Å². The van der Waals surface area contributed by atoms with Crippen molar-refractivity contribution in [2.45, 2.75) is 20.1 Å². The van der Waals surface area contributed by atoms with E-state index in [1.54, 1.807) is 0 Å². The summed E-state index contributed by atoms with van der Waals surface area (Å²) in [6, 6.07) is 14.4. The lowest BCUT2D eigenvalue weighted by molar-refractivity contribution is 0.194. The number of piperazine rings is 1. The fraction of sp³-hybridized carbons (Fsp3) is 0.333. The summed E-state index contributed by atoms with van der Waals surface area (Å²) in [6.45, 7) is 7.05. The highest BCUT2D eigenvalue weighted by molar-refractivity contribution is 7.71. The molecular weight excluding hydrogens is 409 g/mol. The van der Waals surface area contributed by atoms with Gasteiger partial charge in [0.1, 0.15) is 5.82 Å². The number of rotatable bonds is 5. The molecule has 1 aromatic heterocycles. The van der Waals surface area contributed by atoms with Crippen LogP contribution in [0.1, 0.15) is 6.92 Å². The van der Waals surface area contributed by atoms with Gasteiger partial charge in [0.05, 0.1) is 6.67 Å². The molecule has 0 saturated carbocycles. The molecule has 29 heavy (non-hydrogen) atoms. The minimum atomic E-state index is -0.204. The highest BCUT2D eigenvalue weighted by atomic mass is 35.5. The van der Waals surface area contributed by atoms with E-state index < -0.39 is 0 Å². The van der Waals surface area contributed by atoms with Crippen molar-refractivity contribution in [2.75, 3.05) is 31.1 Å². The smallest absolute Gasteiger partial charge is 0.199 e. The number of aromatic nitrogens is 3. The molecule has 2 heterocycles. The van der Waals surface area contributed by atoms with Gasteiger partial charge in [-0.05, 0) is 67.7 Å². The van der Waals surface area contributed by atoms with Gasteiger partial charge < -0.3 is 9.47 Å². The monoisotopic (exact) mass is 431 g/mol. The first-order chi connectivity index (χ1) is 14.0. The molecule has 1 saturated heterocycles. The van der Waals surface area contributed by atoms with E-state index in [1.807, 2.05) is 45.6 Å². The van der Waals surface area contributed by atoms with Crippen LogP contribution in [0.2, 0.25) is 5.02 Å². The van der Waals surface area contributed by atoms with Crippen LogP contribution in [-0.2, 0) is 13.2 Å². The summed E-state index contributed by atoms with van der Waals surface area (Å²) in [5.41, 5.74) is 2.06. The molecule has 1 aliphatic heterocycles. The summed E-state index contributed by atoms with van der Waals surface area (Å²) in [4.78, 5) is 4.62. The minimum absolute atomic E-state index is 0.204. The van der Waals surface area contributed by atoms with Crippen molar-refractivity contribution in [3.8, 4) is 11.4 Å². The normalized spacial score (nSPS) is 15.1. The topological polar surface area (TPSA) is 29.2 Å². The predicted molar refractivity (Wildman–Crippen MR) is 117 cm³/mol. The van der Waals surface area contributed by atoms with Crippen molar-refractivity contribution in [1.29, 1.82) is 0 Å². The first-order valence-corrected chi connectivity index (χ1v) is 10.5. The summed E-state index contributed by atoms with van der Waals surface area (Å²) < 4.78 is 17.8. The second kappa shape index (κ2) is 8.65. The summed E-state index contributed by atoms with van der Waals surface area (Å²) in [7, 11) is 0. The maximum atomic E-state index is 13.1. The molecule has 4 rings (SSSR count).